The van der Waals surface area contributed by atoms with Crippen LogP contribution in [0, 0.1) is 0 Å². The first kappa shape index (κ1) is 18.2. The van der Waals surface area contributed by atoms with Gasteiger partial charge in [0, 0.05) is 44.3 Å². The van der Waals surface area contributed by atoms with Crippen molar-refractivity contribution in [1.29, 1.82) is 0 Å². The lowest BCUT2D eigenvalue weighted by atomic mass is 10.1. The summed E-state index contributed by atoms with van der Waals surface area (Å²) in [7, 11) is 0. The van der Waals surface area contributed by atoms with Crippen LogP contribution in [0.4, 0.5) is 0 Å². The van der Waals surface area contributed by atoms with E-state index >= 15 is 0 Å². The molecule has 1 aliphatic heterocycles. The van der Waals surface area contributed by atoms with Crippen LogP contribution in [-0.4, -0.2) is 47.6 Å². The van der Waals surface area contributed by atoms with Crippen molar-refractivity contribution in [2.45, 2.75) is 13.0 Å². The van der Waals surface area contributed by atoms with Crippen LogP contribution in [-0.2, 0) is 13.0 Å². The Hall–Kier alpha value is -1.62. The molecule has 1 aliphatic rings. The lowest BCUT2D eigenvalue weighted by Crippen LogP contribution is -2.51. The van der Waals surface area contributed by atoms with E-state index in [1.165, 1.54) is 11.1 Å². The van der Waals surface area contributed by atoms with Gasteiger partial charge in [-0.2, -0.15) is 0 Å². The average Bonchev–Trinajstić information content (AvgIpc) is 2.65. The first-order valence-electron chi connectivity index (χ1n) is 8.74. The van der Waals surface area contributed by atoms with Crippen molar-refractivity contribution < 1.29 is 0 Å². The second kappa shape index (κ2) is 9.18. The Morgan fingerprint density at radius 1 is 0.920 bits per heavy atom. The van der Waals surface area contributed by atoms with Crippen LogP contribution < -0.4 is 5.32 Å². The molecule has 0 spiro atoms. The summed E-state index contributed by atoms with van der Waals surface area (Å²) < 4.78 is 0. The van der Waals surface area contributed by atoms with Crippen LogP contribution in [0.1, 0.15) is 11.1 Å². The molecule has 5 heteroatoms. The number of hydrogen-bond donors (Lipinski definition) is 1. The molecule has 0 aliphatic carbocycles. The van der Waals surface area contributed by atoms with Gasteiger partial charge in [-0.05, 0) is 41.9 Å². The molecule has 1 N–H and O–H groups in total. The zero-order valence-electron chi connectivity index (χ0n) is 14.3. The second-order valence-electron chi connectivity index (χ2n) is 6.36. The van der Waals surface area contributed by atoms with Crippen LogP contribution in [0.25, 0.3) is 0 Å². The van der Waals surface area contributed by atoms with Crippen LogP contribution in [0.5, 0.6) is 0 Å². The number of thiocarbonyl (C=S) groups is 1. The molecule has 3 rings (SSSR count). The molecule has 0 aromatic heterocycles. The van der Waals surface area contributed by atoms with E-state index in [1.807, 2.05) is 18.2 Å². The largest absolute Gasteiger partial charge is 0.362 e. The van der Waals surface area contributed by atoms with Gasteiger partial charge in [-0.15, -0.1) is 0 Å². The van der Waals surface area contributed by atoms with Crippen molar-refractivity contribution in [1.82, 2.24) is 15.1 Å². The van der Waals surface area contributed by atoms with Crippen molar-refractivity contribution in [2.75, 3.05) is 32.7 Å². The zero-order valence-corrected chi connectivity index (χ0v) is 15.9. The minimum Gasteiger partial charge on any atom is -0.362 e. The van der Waals surface area contributed by atoms with E-state index in [2.05, 4.69) is 51.5 Å². The molecule has 25 heavy (non-hydrogen) atoms. The van der Waals surface area contributed by atoms with E-state index in [0.717, 1.165) is 55.8 Å². The molecule has 132 valence electrons. The van der Waals surface area contributed by atoms with Crippen molar-refractivity contribution in [3.8, 4) is 0 Å². The van der Waals surface area contributed by atoms with E-state index < -0.39 is 0 Å². The van der Waals surface area contributed by atoms with E-state index in [-0.39, 0.29) is 0 Å². The fourth-order valence-electron chi connectivity index (χ4n) is 3.03. The highest BCUT2D eigenvalue weighted by molar-refractivity contribution is 7.80. The number of piperazine rings is 1. The lowest BCUT2D eigenvalue weighted by molar-refractivity contribution is 0.174. The fraction of sp³-hybridized carbons (Fsp3) is 0.350. The maximum absolute atomic E-state index is 5.95. The van der Waals surface area contributed by atoms with Gasteiger partial charge >= 0.3 is 0 Å². The molecule has 2 aromatic rings. The number of nitrogens with one attached hydrogen (secondary N) is 1. The molecule has 0 amide bonds. The highest BCUT2D eigenvalue weighted by Gasteiger charge is 2.18. The van der Waals surface area contributed by atoms with Crippen molar-refractivity contribution in [3.05, 3.63) is 70.7 Å². The number of hydrogen-bond acceptors (Lipinski definition) is 2. The van der Waals surface area contributed by atoms with Crippen LogP contribution in [0.3, 0.4) is 0 Å². The maximum atomic E-state index is 5.95. The summed E-state index contributed by atoms with van der Waals surface area (Å²) in [5.41, 5.74) is 2.65. The summed E-state index contributed by atoms with van der Waals surface area (Å²) in [6.07, 6.45) is 0.998. The lowest BCUT2D eigenvalue weighted by Gasteiger charge is -2.36. The number of nitrogens with zero attached hydrogens (tertiary/aromatic N) is 2. The van der Waals surface area contributed by atoms with Gasteiger partial charge in [0.25, 0.3) is 0 Å². The first-order chi connectivity index (χ1) is 12.2. The monoisotopic (exact) mass is 373 g/mol. The zero-order chi connectivity index (χ0) is 17.5. The second-order valence-corrected chi connectivity index (χ2v) is 7.18. The number of benzene rings is 2. The predicted molar refractivity (Wildman–Crippen MR) is 109 cm³/mol. The molecule has 1 fully saturated rings. The Morgan fingerprint density at radius 3 is 2.28 bits per heavy atom. The fourth-order valence-corrected chi connectivity index (χ4v) is 3.44. The quantitative estimate of drug-likeness (QED) is 0.807. The molecule has 2 aromatic carbocycles. The highest BCUT2D eigenvalue weighted by Crippen LogP contribution is 2.13. The van der Waals surface area contributed by atoms with Gasteiger partial charge in [-0.25, -0.2) is 0 Å². The molecule has 0 atom stereocenters. The summed E-state index contributed by atoms with van der Waals surface area (Å²) >= 11 is 11.5. The van der Waals surface area contributed by atoms with Crippen molar-refractivity contribution >= 4 is 28.9 Å². The van der Waals surface area contributed by atoms with Gasteiger partial charge in [0.15, 0.2) is 5.11 Å². The Labute approximate surface area is 160 Å². The SMILES string of the molecule is S=C(NCCc1ccccc1)N1CCN(Cc2ccc(Cl)cc2)CC1. The van der Waals surface area contributed by atoms with Crippen LogP contribution in [0.15, 0.2) is 54.6 Å². The van der Waals surface area contributed by atoms with Gasteiger partial charge in [-0.1, -0.05) is 54.1 Å². The molecule has 0 saturated carbocycles. The number of rotatable bonds is 5. The van der Waals surface area contributed by atoms with Gasteiger partial charge < -0.3 is 10.2 Å². The third kappa shape index (κ3) is 5.70. The highest BCUT2D eigenvalue weighted by atomic mass is 35.5. The smallest absolute Gasteiger partial charge is 0.169 e. The molecule has 0 radical (unpaired) electrons. The molecule has 0 bridgehead atoms. The first-order valence-corrected chi connectivity index (χ1v) is 9.53. The summed E-state index contributed by atoms with van der Waals surface area (Å²) in [6, 6.07) is 18.6. The molecular weight excluding hydrogens is 350 g/mol. The van der Waals surface area contributed by atoms with Gasteiger partial charge in [0.1, 0.15) is 0 Å². The maximum Gasteiger partial charge on any atom is 0.169 e. The van der Waals surface area contributed by atoms with Crippen LogP contribution in [0.2, 0.25) is 5.02 Å². The summed E-state index contributed by atoms with van der Waals surface area (Å²) in [5.74, 6) is 0. The molecule has 1 heterocycles. The van der Waals surface area contributed by atoms with E-state index in [4.69, 9.17) is 23.8 Å². The Balaban J connectivity index is 1.38. The van der Waals surface area contributed by atoms with Crippen molar-refractivity contribution in [2.24, 2.45) is 0 Å². The Bertz CT molecular complexity index is 667. The van der Waals surface area contributed by atoms with Gasteiger partial charge in [0.2, 0.25) is 0 Å². The summed E-state index contributed by atoms with van der Waals surface area (Å²) in [4.78, 5) is 4.74. The third-order valence-electron chi connectivity index (χ3n) is 4.51. The molecule has 3 nitrogen and oxygen atoms in total. The summed E-state index contributed by atoms with van der Waals surface area (Å²) in [5, 5.41) is 5.06. The minimum atomic E-state index is 0.792. The van der Waals surface area contributed by atoms with E-state index in [9.17, 15) is 0 Å². The number of halogens is 1. The molecule has 0 unspecified atom stereocenters. The van der Waals surface area contributed by atoms with Gasteiger partial charge in [-0.3, -0.25) is 4.90 Å². The normalized spacial score (nSPS) is 15.2. The van der Waals surface area contributed by atoms with Crippen LogP contribution >= 0.6 is 23.8 Å². The van der Waals surface area contributed by atoms with Crippen molar-refractivity contribution in [3.63, 3.8) is 0 Å². The minimum absolute atomic E-state index is 0.792. The Morgan fingerprint density at radius 2 is 1.60 bits per heavy atom. The molecular formula is C20H24ClN3S. The summed E-state index contributed by atoms with van der Waals surface area (Å²) in [6.45, 7) is 5.87. The standard InChI is InChI=1S/C20H24ClN3S/c21-19-8-6-18(7-9-19)16-23-12-14-24(15-13-23)20(25)22-11-10-17-4-2-1-3-5-17/h1-9H,10-16H2,(H,22,25). The molecule has 1 saturated heterocycles. The topological polar surface area (TPSA) is 18.5 Å². The Kier molecular flexibility index (Phi) is 6.68. The predicted octanol–water partition coefficient (Wildman–Crippen LogP) is 3.57. The van der Waals surface area contributed by atoms with Gasteiger partial charge in [0.05, 0.1) is 0 Å². The third-order valence-corrected chi connectivity index (χ3v) is 5.17. The van der Waals surface area contributed by atoms with E-state index in [1.54, 1.807) is 0 Å². The van der Waals surface area contributed by atoms with E-state index in [0.29, 0.717) is 0 Å². The average molecular weight is 374 g/mol.